The molecule has 0 radical (unpaired) electrons. The molecular formula is C23H22N2O4. The molecule has 1 aliphatic heterocycles. The summed E-state index contributed by atoms with van der Waals surface area (Å²) >= 11 is 0. The zero-order valence-electron chi connectivity index (χ0n) is 16.0. The number of hydrogen-bond donors (Lipinski definition) is 1. The van der Waals surface area contributed by atoms with Crippen molar-refractivity contribution in [1.29, 1.82) is 0 Å². The van der Waals surface area contributed by atoms with E-state index in [1.807, 2.05) is 37.3 Å². The number of nitrogens with one attached hydrogen (secondary N) is 1. The summed E-state index contributed by atoms with van der Waals surface area (Å²) in [5.41, 5.74) is 3.70. The second-order valence-corrected chi connectivity index (χ2v) is 7.66. The van der Waals surface area contributed by atoms with E-state index in [2.05, 4.69) is 4.98 Å². The van der Waals surface area contributed by atoms with Crippen LogP contribution < -0.4 is 15.0 Å². The fraction of sp³-hybridized carbons (Fsp3) is 0.261. The number of carbonyl (C=O) groups is 1. The van der Waals surface area contributed by atoms with Crippen molar-refractivity contribution in [2.45, 2.75) is 31.6 Å². The van der Waals surface area contributed by atoms with E-state index in [0.717, 1.165) is 46.7 Å². The molecule has 0 spiro atoms. The number of fused-ring (bicyclic) bond motifs is 1. The van der Waals surface area contributed by atoms with Crippen LogP contribution in [0, 0.1) is 6.92 Å². The quantitative estimate of drug-likeness (QED) is 0.720. The van der Waals surface area contributed by atoms with Crippen molar-refractivity contribution in [3.05, 3.63) is 75.8 Å². The third-order valence-corrected chi connectivity index (χ3v) is 5.76. The molecule has 3 heterocycles. The Morgan fingerprint density at radius 2 is 1.97 bits per heavy atom. The minimum atomic E-state index is -0.453. The van der Waals surface area contributed by atoms with Crippen LogP contribution in [0.1, 0.15) is 31.1 Å². The van der Waals surface area contributed by atoms with Crippen LogP contribution in [-0.4, -0.2) is 22.5 Å². The Labute approximate surface area is 169 Å². The van der Waals surface area contributed by atoms with Crippen LogP contribution in [0.2, 0.25) is 0 Å². The predicted molar refractivity (Wildman–Crippen MR) is 109 cm³/mol. The van der Waals surface area contributed by atoms with E-state index in [4.69, 9.17) is 14.5 Å². The smallest absolute Gasteiger partial charge is 0.247 e. The van der Waals surface area contributed by atoms with Crippen molar-refractivity contribution < 1.29 is 15.7 Å². The van der Waals surface area contributed by atoms with E-state index in [1.165, 1.54) is 6.07 Å². The molecule has 1 N–H and O–H groups in total. The molecule has 0 atom stereocenters. The number of ether oxygens (including phenoxy) is 2. The van der Waals surface area contributed by atoms with Crippen LogP contribution in [0.15, 0.2) is 53.5 Å². The number of pyridine rings is 2. The average Bonchev–Trinajstić information content (AvgIpc) is 3.41. The summed E-state index contributed by atoms with van der Waals surface area (Å²) in [6.45, 7) is 2.19. The summed E-state index contributed by atoms with van der Waals surface area (Å²) in [5, 5.41) is 0. The molecule has 3 aromatic rings. The Morgan fingerprint density at radius 1 is 1.14 bits per heavy atom. The zero-order chi connectivity index (χ0) is 20.0. The lowest BCUT2D eigenvalue weighted by Crippen LogP contribution is -2.23. The van der Waals surface area contributed by atoms with Gasteiger partial charge in [-0.1, -0.05) is 12.1 Å². The van der Waals surface area contributed by atoms with Crippen molar-refractivity contribution >= 4 is 5.78 Å². The van der Waals surface area contributed by atoms with Crippen molar-refractivity contribution in [2.24, 2.45) is 0 Å². The first kappa shape index (κ1) is 17.7. The number of rotatable bonds is 5. The molecule has 1 aliphatic carbocycles. The highest BCUT2D eigenvalue weighted by molar-refractivity contribution is 5.94. The van der Waals surface area contributed by atoms with Crippen LogP contribution in [0.3, 0.4) is 0 Å². The number of aromatic amines is 1. The lowest BCUT2D eigenvalue weighted by atomic mass is 9.88. The van der Waals surface area contributed by atoms with Crippen LogP contribution in [0.25, 0.3) is 11.3 Å². The van der Waals surface area contributed by atoms with Gasteiger partial charge >= 0.3 is 0 Å². The van der Waals surface area contributed by atoms with Gasteiger partial charge in [0.25, 0.3) is 0 Å². The standard InChI is InChI=1S/C23H20N2O4.H2/c1-14-2-5-17(25-22(14)15-3-7-21(27)24-12-15)11-20(26)23(8-9-23)16-4-6-18-19(10-16)29-13-28-18;/h2-7,10,12H,8-9,11,13H2,1H3,(H,24,27);1H. The maximum atomic E-state index is 13.2. The minimum absolute atomic E-state index is 0. The molecule has 1 fully saturated rings. The number of aryl methyl sites for hydroxylation is 1. The largest absolute Gasteiger partial charge is 0.454 e. The zero-order valence-corrected chi connectivity index (χ0v) is 16.0. The molecule has 0 amide bonds. The molecule has 0 bridgehead atoms. The summed E-state index contributed by atoms with van der Waals surface area (Å²) < 4.78 is 10.9. The lowest BCUT2D eigenvalue weighted by Gasteiger charge is -2.15. The van der Waals surface area contributed by atoms with Gasteiger partial charge in [0, 0.05) is 31.4 Å². The molecule has 5 rings (SSSR count). The second-order valence-electron chi connectivity index (χ2n) is 7.66. The topological polar surface area (TPSA) is 81.3 Å². The van der Waals surface area contributed by atoms with Crippen LogP contribution in [0.4, 0.5) is 0 Å². The molecular weight excluding hydrogens is 368 g/mol. The van der Waals surface area contributed by atoms with Gasteiger partial charge in [-0.3, -0.25) is 14.6 Å². The molecule has 148 valence electrons. The molecule has 1 saturated carbocycles. The maximum Gasteiger partial charge on any atom is 0.247 e. The number of aromatic nitrogens is 2. The molecule has 29 heavy (non-hydrogen) atoms. The van der Waals surface area contributed by atoms with Gasteiger partial charge in [0.15, 0.2) is 11.5 Å². The highest BCUT2D eigenvalue weighted by Crippen LogP contribution is 2.51. The molecule has 6 heteroatoms. The number of ketones is 1. The van der Waals surface area contributed by atoms with Gasteiger partial charge in [0.1, 0.15) is 5.78 Å². The monoisotopic (exact) mass is 390 g/mol. The van der Waals surface area contributed by atoms with Crippen LogP contribution in [0.5, 0.6) is 11.5 Å². The van der Waals surface area contributed by atoms with E-state index in [0.29, 0.717) is 5.75 Å². The van der Waals surface area contributed by atoms with Gasteiger partial charge in [-0.05, 0) is 55.2 Å². The van der Waals surface area contributed by atoms with Gasteiger partial charge in [0.2, 0.25) is 12.4 Å². The fourth-order valence-electron chi connectivity index (χ4n) is 3.90. The SMILES string of the molecule is Cc1ccc(CC(=O)C2(c3ccc4c(c3)OCO4)CC2)nc1-c1ccc(=O)[nH]c1.[HH]. The summed E-state index contributed by atoms with van der Waals surface area (Å²) in [6, 6.07) is 12.9. The van der Waals surface area contributed by atoms with Gasteiger partial charge in [-0.25, -0.2) is 0 Å². The Bertz CT molecular complexity index is 1160. The van der Waals surface area contributed by atoms with Crippen LogP contribution >= 0.6 is 0 Å². The first-order valence-electron chi connectivity index (χ1n) is 9.64. The van der Waals surface area contributed by atoms with Crippen LogP contribution in [-0.2, 0) is 16.6 Å². The Hall–Kier alpha value is -3.41. The third kappa shape index (κ3) is 3.10. The van der Waals surface area contributed by atoms with Gasteiger partial charge in [-0.2, -0.15) is 0 Å². The number of carbonyl (C=O) groups excluding carboxylic acids is 1. The summed E-state index contributed by atoms with van der Waals surface area (Å²) in [6.07, 6.45) is 3.59. The van der Waals surface area contributed by atoms with E-state index in [-0.39, 0.29) is 26.0 Å². The normalized spacial score (nSPS) is 15.9. The number of Topliss-reactive ketones (excluding diaryl/α,β-unsaturated/α-hetero) is 1. The van der Waals surface area contributed by atoms with Gasteiger partial charge in [-0.15, -0.1) is 0 Å². The highest BCUT2D eigenvalue weighted by atomic mass is 16.7. The minimum Gasteiger partial charge on any atom is -0.454 e. The van der Waals surface area contributed by atoms with Crippen molar-refractivity contribution in [3.63, 3.8) is 0 Å². The maximum absolute atomic E-state index is 13.2. The molecule has 2 aliphatic rings. The number of nitrogens with zero attached hydrogens (tertiary/aromatic N) is 1. The number of H-pyrrole nitrogens is 1. The average molecular weight is 390 g/mol. The first-order chi connectivity index (χ1) is 14.0. The molecule has 1 aromatic carbocycles. The fourth-order valence-corrected chi connectivity index (χ4v) is 3.90. The Morgan fingerprint density at radius 3 is 2.72 bits per heavy atom. The van der Waals surface area contributed by atoms with Crippen molar-refractivity contribution in [3.8, 4) is 22.8 Å². The summed E-state index contributed by atoms with van der Waals surface area (Å²) in [7, 11) is 0. The molecule has 2 aromatic heterocycles. The molecule has 6 nitrogen and oxygen atoms in total. The van der Waals surface area contributed by atoms with Crippen molar-refractivity contribution in [1.82, 2.24) is 9.97 Å². The van der Waals surface area contributed by atoms with E-state index >= 15 is 0 Å². The lowest BCUT2D eigenvalue weighted by molar-refractivity contribution is -0.120. The molecule has 0 unspecified atom stereocenters. The highest BCUT2D eigenvalue weighted by Gasteiger charge is 2.51. The van der Waals surface area contributed by atoms with E-state index < -0.39 is 5.41 Å². The predicted octanol–water partition coefficient (Wildman–Crippen LogP) is 3.56. The van der Waals surface area contributed by atoms with Crippen molar-refractivity contribution in [2.75, 3.05) is 6.79 Å². The molecule has 0 saturated heterocycles. The van der Waals surface area contributed by atoms with Gasteiger partial charge in [0.05, 0.1) is 11.1 Å². The summed E-state index contributed by atoms with van der Waals surface area (Å²) in [4.78, 5) is 31.9. The van der Waals surface area contributed by atoms with E-state index in [9.17, 15) is 9.59 Å². The number of benzene rings is 1. The summed E-state index contributed by atoms with van der Waals surface area (Å²) in [5.74, 6) is 1.60. The third-order valence-electron chi connectivity index (χ3n) is 5.76. The first-order valence-corrected chi connectivity index (χ1v) is 9.64. The Balaban J connectivity index is 0.00000218. The van der Waals surface area contributed by atoms with E-state index in [1.54, 1.807) is 12.3 Å². The number of hydrogen-bond acceptors (Lipinski definition) is 5. The second kappa shape index (κ2) is 6.58. The Kier molecular flexibility index (Phi) is 4.01. The van der Waals surface area contributed by atoms with Gasteiger partial charge < -0.3 is 14.5 Å².